The molecule has 2 aromatic rings. The van der Waals surface area contributed by atoms with E-state index in [0.717, 1.165) is 11.1 Å². The lowest BCUT2D eigenvalue weighted by Gasteiger charge is -2.24. The minimum atomic E-state index is -0.656. The molecule has 0 aliphatic carbocycles. The van der Waals surface area contributed by atoms with Gasteiger partial charge in [-0.25, -0.2) is 0 Å². The molecule has 0 fully saturated rings. The Morgan fingerprint density at radius 3 is 2.11 bits per heavy atom. The summed E-state index contributed by atoms with van der Waals surface area (Å²) < 4.78 is 5.71. The third kappa shape index (κ3) is 10.4. The van der Waals surface area contributed by atoms with Crippen molar-refractivity contribution in [2.45, 2.75) is 44.7 Å². The Bertz CT molecular complexity index is 1010. The van der Waals surface area contributed by atoms with Gasteiger partial charge in [0, 0.05) is 12.5 Å². The predicted molar refractivity (Wildman–Crippen MR) is 144 cm³/mol. The van der Waals surface area contributed by atoms with Gasteiger partial charge >= 0.3 is 5.97 Å². The first-order valence-corrected chi connectivity index (χ1v) is 12.6. The maximum absolute atomic E-state index is 13.2. The minimum absolute atomic E-state index is 0.0500. The molecule has 0 radical (unpaired) electrons. The molecule has 37 heavy (non-hydrogen) atoms. The van der Waals surface area contributed by atoms with E-state index in [2.05, 4.69) is 23.8 Å². The van der Waals surface area contributed by atoms with Crippen LogP contribution in [0.15, 0.2) is 86.0 Å². The van der Waals surface area contributed by atoms with Crippen molar-refractivity contribution in [3.05, 3.63) is 97.1 Å². The number of aliphatic hydroxyl groups excluding tert-OH is 1. The summed E-state index contributed by atoms with van der Waals surface area (Å²) >= 11 is 0. The molecular formula is C30H38N2O5. The van der Waals surface area contributed by atoms with Crippen molar-refractivity contribution in [1.82, 2.24) is 10.6 Å². The zero-order valence-electron chi connectivity index (χ0n) is 21.5. The Morgan fingerprint density at radius 2 is 1.51 bits per heavy atom. The number of benzene rings is 2. The zero-order chi connectivity index (χ0) is 27.0. The largest absolute Gasteiger partial charge is 0.463 e. The number of rotatable bonds is 16. The molecule has 2 aromatic carbocycles. The smallest absolute Gasteiger partial charge is 0.309 e. The minimum Gasteiger partial charge on any atom is -0.463 e. The van der Waals surface area contributed by atoms with E-state index in [-0.39, 0.29) is 37.4 Å². The SMILES string of the molecule is C=CC[C@@H](CC(=O)N[C@H](C)CO)C(=O)N[C@@H](COC(=O)[C@@H](CC=C)Cc1ccccc1)c1ccccc1. The van der Waals surface area contributed by atoms with Crippen LogP contribution in [-0.4, -0.2) is 42.1 Å². The molecule has 0 aliphatic heterocycles. The summed E-state index contributed by atoms with van der Waals surface area (Å²) in [4.78, 5) is 38.5. The molecule has 0 saturated carbocycles. The lowest BCUT2D eigenvalue weighted by atomic mass is 9.96. The molecule has 3 N–H and O–H groups in total. The normalized spacial score (nSPS) is 13.9. The molecule has 0 saturated heterocycles. The highest BCUT2D eigenvalue weighted by Gasteiger charge is 2.26. The predicted octanol–water partition coefficient (Wildman–Crippen LogP) is 3.90. The van der Waals surface area contributed by atoms with Gasteiger partial charge in [-0.1, -0.05) is 72.8 Å². The molecule has 0 unspecified atom stereocenters. The van der Waals surface area contributed by atoms with Crippen molar-refractivity contribution in [1.29, 1.82) is 0 Å². The van der Waals surface area contributed by atoms with Gasteiger partial charge in [-0.15, -0.1) is 13.2 Å². The van der Waals surface area contributed by atoms with Gasteiger partial charge < -0.3 is 20.5 Å². The van der Waals surface area contributed by atoms with Crippen LogP contribution in [0.25, 0.3) is 0 Å². The van der Waals surface area contributed by atoms with Crippen molar-refractivity contribution < 1.29 is 24.2 Å². The van der Waals surface area contributed by atoms with E-state index in [4.69, 9.17) is 4.74 Å². The summed E-state index contributed by atoms with van der Waals surface area (Å²) in [7, 11) is 0. The third-order valence-electron chi connectivity index (χ3n) is 5.96. The summed E-state index contributed by atoms with van der Waals surface area (Å²) in [6, 6.07) is 18.0. The second-order valence-electron chi connectivity index (χ2n) is 9.09. The fraction of sp³-hybridized carbons (Fsp3) is 0.367. The zero-order valence-corrected chi connectivity index (χ0v) is 21.5. The average Bonchev–Trinajstić information content (AvgIpc) is 2.91. The van der Waals surface area contributed by atoms with Crippen LogP contribution in [0, 0.1) is 11.8 Å². The van der Waals surface area contributed by atoms with Gasteiger partial charge in [0.25, 0.3) is 0 Å². The molecule has 0 spiro atoms. The van der Waals surface area contributed by atoms with Gasteiger partial charge in [-0.3, -0.25) is 14.4 Å². The molecular weight excluding hydrogens is 468 g/mol. The molecule has 0 heterocycles. The van der Waals surface area contributed by atoms with Crippen LogP contribution >= 0.6 is 0 Å². The van der Waals surface area contributed by atoms with E-state index in [0.29, 0.717) is 19.3 Å². The molecule has 7 nitrogen and oxygen atoms in total. The number of carbonyl (C=O) groups is 3. The first-order valence-electron chi connectivity index (χ1n) is 12.6. The van der Waals surface area contributed by atoms with Gasteiger partial charge in [-0.2, -0.15) is 0 Å². The van der Waals surface area contributed by atoms with E-state index in [9.17, 15) is 19.5 Å². The number of esters is 1. The van der Waals surface area contributed by atoms with Gasteiger partial charge in [0.15, 0.2) is 0 Å². The number of ether oxygens (including phenoxy) is 1. The number of amides is 2. The maximum Gasteiger partial charge on any atom is 0.309 e. The molecule has 2 amide bonds. The number of hydrogen-bond acceptors (Lipinski definition) is 5. The first kappa shape index (κ1) is 29.5. The van der Waals surface area contributed by atoms with Crippen LogP contribution in [-0.2, 0) is 25.5 Å². The van der Waals surface area contributed by atoms with Crippen LogP contribution < -0.4 is 10.6 Å². The molecule has 7 heteroatoms. The number of nitrogens with one attached hydrogen (secondary N) is 2. The van der Waals surface area contributed by atoms with Crippen molar-refractivity contribution in [2.75, 3.05) is 13.2 Å². The Labute approximate surface area is 219 Å². The summed E-state index contributed by atoms with van der Waals surface area (Å²) in [5, 5.41) is 14.8. The Kier molecular flexibility index (Phi) is 12.9. The monoisotopic (exact) mass is 506 g/mol. The van der Waals surface area contributed by atoms with Crippen LogP contribution in [0.2, 0.25) is 0 Å². The molecule has 2 rings (SSSR count). The van der Waals surface area contributed by atoms with E-state index in [1.165, 1.54) is 0 Å². The summed E-state index contributed by atoms with van der Waals surface area (Å²) in [5.74, 6) is -2.09. The number of aliphatic hydroxyl groups is 1. The fourth-order valence-electron chi connectivity index (χ4n) is 3.93. The first-order chi connectivity index (χ1) is 17.9. The van der Waals surface area contributed by atoms with Crippen molar-refractivity contribution in [3.8, 4) is 0 Å². The summed E-state index contributed by atoms with van der Waals surface area (Å²) in [6.45, 7) is 8.91. The topological polar surface area (TPSA) is 105 Å². The number of hydrogen-bond donors (Lipinski definition) is 3. The third-order valence-corrected chi connectivity index (χ3v) is 5.96. The summed E-state index contributed by atoms with van der Waals surface area (Å²) in [6.07, 6.45) is 4.53. The van der Waals surface area contributed by atoms with Crippen LogP contribution in [0.5, 0.6) is 0 Å². The van der Waals surface area contributed by atoms with Crippen LogP contribution in [0.4, 0.5) is 0 Å². The van der Waals surface area contributed by atoms with E-state index in [1.807, 2.05) is 60.7 Å². The van der Waals surface area contributed by atoms with E-state index in [1.54, 1.807) is 19.1 Å². The average molecular weight is 507 g/mol. The quantitative estimate of drug-likeness (QED) is 0.237. The molecule has 4 atom stereocenters. The molecule has 198 valence electrons. The van der Waals surface area contributed by atoms with Crippen molar-refractivity contribution in [3.63, 3.8) is 0 Å². The molecule has 0 bridgehead atoms. The standard InChI is InChI=1S/C30H38N2O5/c1-4-12-25(19-28(34)31-22(3)20-33)29(35)32-27(24-16-10-7-11-17-24)21-37-30(36)26(13-5-2)18-23-14-8-6-9-15-23/h4-11,14-17,22,25-27,33H,1-2,12-13,18-21H2,3H3,(H,31,34)(H,32,35)/t22-,25+,26+,27+/m1/s1. The lowest BCUT2D eigenvalue weighted by molar-refractivity contribution is -0.150. The molecule has 0 aromatic heterocycles. The second kappa shape index (κ2) is 16.1. The number of carbonyl (C=O) groups excluding carboxylic acids is 3. The highest BCUT2D eigenvalue weighted by Crippen LogP contribution is 2.20. The highest BCUT2D eigenvalue weighted by molar-refractivity contribution is 5.86. The molecule has 0 aliphatic rings. The highest BCUT2D eigenvalue weighted by atomic mass is 16.5. The Hall–Kier alpha value is -3.71. The van der Waals surface area contributed by atoms with Gasteiger partial charge in [0.05, 0.1) is 24.5 Å². The van der Waals surface area contributed by atoms with Gasteiger partial charge in [0.1, 0.15) is 6.61 Å². The lowest BCUT2D eigenvalue weighted by Crippen LogP contribution is -2.41. The Morgan fingerprint density at radius 1 is 0.919 bits per heavy atom. The van der Waals surface area contributed by atoms with Crippen molar-refractivity contribution in [2.24, 2.45) is 11.8 Å². The van der Waals surface area contributed by atoms with Crippen molar-refractivity contribution >= 4 is 17.8 Å². The summed E-state index contributed by atoms with van der Waals surface area (Å²) in [5.41, 5.74) is 1.81. The van der Waals surface area contributed by atoms with E-state index >= 15 is 0 Å². The fourth-order valence-corrected chi connectivity index (χ4v) is 3.93. The maximum atomic E-state index is 13.2. The van der Waals surface area contributed by atoms with Gasteiger partial charge in [-0.05, 0) is 37.3 Å². The van der Waals surface area contributed by atoms with Gasteiger partial charge in [0.2, 0.25) is 11.8 Å². The van der Waals surface area contributed by atoms with Crippen LogP contribution in [0.3, 0.4) is 0 Å². The van der Waals surface area contributed by atoms with Crippen LogP contribution in [0.1, 0.15) is 43.4 Å². The Balaban J connectivity index is 2.11. The number of allylic oxidation sites excluding steroid dienone is 2. The van der Waals surface area contributed by atoms with E-state index < -0.39 is 23.9 Å². The second-order valence-corrected chi connectivity index (χ2v) is 9.09.